The molecule has 62 valence electrons. The van der Waals surface area contributed by atoms with E-state index in [1.54, 1.807) is 11.3 Å². The van der Waals surface area contributed by atoms with Gasteiger partial charge >= 0.3 is 0 Å². The molecule has 0 saturated heterocycles. The molecule has 1 heterocycles. The lowest BCUT2D eigenvalue weighted by Crippen LogP contribution is -2.43. The Hall–Kier alpha value is -0.353. The van der Waals surface area contributed by atoms with Gasteiger partial charge in [0.15, 0.2) is 0 Å². The Balaban J connectivity index is 2.78. The first-order valence-corrected chi connectivity index (χ1v) is 8.03. The Morgan fingerprint density at radius 2 is 2.09 bits per heavy atom. The molecule has 1 rings (SSSR count). The highest BCUT2D eigenvalue weighted by Crippen LogP contribution is 2.18. The topological polar surface area (TPSA) is 16.1 Å². The van der Waals surface area contributed by atoms with Gasteiger partial charge in [0.1, 0.15) is 14.1 Å². The number of hydrogen-bond donors (Lipinski definition) is 0. The Labute approximate surface area is 73.0 Å². The van der Waals surface area contributed by atoms with Crippen LogP contribution in [0.15, 0.2) is 10.9 Å². The van der Waals surface area contributed by atoms with E-state index in [1.165, 1.54) is 0 Å². The van der Waals surface area contributed by atoms with Gasteiger partial charge in [-0.3, -0.25) is 0 Å². The lowest BCUT2D eigenvalue weighted by atomic mass is 10.8. The molecule has 0 aliphatic heterocycles. The number of nitrogens with zero attached hydrogens (tertiary/aromatic N) is 2. The van der Waals surface area contributed by atoms with Crippen molar-refractivity contribution in [2.24, 2.45) is 0 Å². The van der Waals surface area contributed by atoms with Crippen molar-refractivity contribution in [3.63, 3.8) is 0 Å². The number of rotatable bonds is 2. The van der Waals surface area contributed by atoms with Gasteiger partial charge in [0.05, 0.1) is 5.51 Å². The van der Waals surface area contributed by atoms with Crippen LogP contribution >= 0.6 is 11.3 Å². The van der Waals surface area contributed by atoms with E-state index in [1.807, 2.05) is 5.51 Å². The van der Waals surface area contributed by atoms with Crippen LogP contribution in [0.25, 0.3) is 0 Å². The van der Waals surface area contributed by atoms with Crippen molar-refractivity contribution in [2.75, 3.05) is 11.6 Å². The predicted molar refractivity (Wildman–Crippen MR) is 53.9 cm³/mol. The van der Waals surface area contributed by atoms with Gasteiger partial charge in [-0.15, -0.1) is 11.3 Å². The van der Waals surface area contributed by atoms with E-state index in [0.717, 1.165) is 5.82 Å². The zero-order chi connectivity index (χ0) is 8.48. The van der Waals surface area contributed by atoms with Crippen LogP contribution in [-0.2, 0) is 0 Å². The maximum absolute atomic E-state index is 4.26. The van der Waals surface area contributed by atoms with E-state index in [0.29, 0.717) is 0 Å². The van der Waals surface area contributed by atoms with Crippen LogP contribution in [0.5, 0.6) is 0 Å². The van der Waals surface area contributed by atoms with E-state index >= 15 is 0 Å². The first-order valence-electron chi connectivity index (χ1n) is 3.64. The fourth-order valence-electron chi connectivity index (χ4n) is 0.715. The van der Waals surface area contributed by atoms with Gasteiger partial charge in [0, 0.05) is 5.38 Å². The summed E-state index contributed by atoms with van der Waals surface area (Å²) < 4.78 is 2.31. The van der Waals surface area contributed by atoms with Gasteiger partial charge in [-0.2, -0.15) is 0 Å². The van der Waals surface area contributed by atoms with E-state index in [9.17, 15) is 0 Å². The molecular weight excluding hydrogens is 172 g/mol. The third-order valence-electron chi connectivity index (χ3n) is 1.77. The van der Waals surface area contributed by atoms with Crippen molar-refractivity contribution in [1.82, 2.24) is 4.98 Å². The number of thiazole rings is 1. The summed E-state index contributed by atoms with van der Waals surface area (Å²) in [6.45, 7) is 6.94. The van der Waals surface area contributed by atoms with Crippen molar-refractivity contribution >= 4 is 25.4 Å². The molecule has 0 radical (unpaired) electrons. The molecular formula is C7H14N2SSi. The average Bonchev–Trinajstić information content (AvgIpc) is 2.34. The van der Waals surface area contributed by atoms with E-state index in [-0.39, 0.29) is 0 Å². The molecule has 0 aliphatic rings. The summed E-state index contributed by atoms with van der Waals surface area (Å²) >= 11 is 1.65. The lowest BCUT2D eigenvalue weighted by molar-refractivity contribution is 1.18. The minimum Gasteiger partial charge on any atom is -0.385 e. The van der Waals surface area contributed by atoms with Crippen molar-refractivity contribution in [2.45, 2.75) is 19.6 Å². The van der Waals surface area contributed by atoms with Crippen molar-refractivity contribution < 1.29 is 0 Å². The molecule has 0 aromatic carbocycles. The van der Waals surface area contributed by atoms with Crippen LogP contribution in [0.2, 0.25) is 19.6 Å². The largest absolute Gasteiger partial charge is 0.385 e. The molecule has 11 heavy (non-hydrogen) atoms. The summed E-state index contributed by atoms with van der Waals surface area (Å²) in [4.78, 5) is 4.26. The van der Waals surface area contributed by atoms with Crippen LogP contribution in [0.3, 0.4) is 0 Å². The second-order valence-electron chi connectivity index (χ2n) is 3.58. The second-order valence-corrected chi connectivity index (χ2v) is 9.31. The monoisotopic (exact) mass is 186 g/mol. The van der Waals surface area contributed by atoms with E-state index in [4.69, 9.17) is 0 Å². The van der Waals surface area contributed by atoms with Crippen molar-refractivity contribution in [1.29, 1.82) is 0 Å². The van der Waals surface area contributed by atoms with Crippen molar-refractivity contribution in [3.05, 3.63) is 10.9 Å². The molecule has 0 atom stereocenters. The molecule has 1 aromatic heterocycles. The number of aromatic nitrogens is 1. The van der Waals surface area contributed by atoms with E-state index in [2.05, 4.69) is 41.6 Å². The van der Waals surface area contributed by atoms with Gasteiger partial charge in [0.25, 0.3) is 0 Å². The molecule has 0 saturated carbocycles. The van der Waals surface area contributed by atoms with Crippen molar-refractivity contribution in [3.8, 4) is 0 Å². The zero-order valence-electron chi connectivity index (χ0n) is 7.46. The third kappa shape index (κ3) is 2.04. The molecule has 0 spiro atoms. The summed E-state index contributed by atoms with van der Waals surface area (Å²) in [5.41, 5.74) is 1.88. The smallest absolute Gasteiger partial charge is 0.149 e. The minimum absolute atomic E-state index is 1.12. The molecule has 4 heteroatoms. The summed E-state index contributed by atoms with van der Waals surface area (Å²) in [6.07, 6.45) is 0. The lowest BCUT2D eigenvalue weighted by Gasteiger charge is -2.29. The highest BCUT2D eigenvalue weighted by Gasteiger charge is 2.21. The minimum atomic E-state index is -1.19. The first-order chi connectivity index (χ1) is 5.02. The standard InChI is InChI=1S/C7H14N2SSi/c1-9(11(2,3)4)7-5-10-6-8-7/h5-6H,1-4H3. The molecule has 0 fully saturated rings. The van der Waals surface area contributed by atoms with E-state index < -0.39 is 8.24 Å². The van der Waals surface area contributed by atoms with Gasteiger partial charge in [0.2, 0.25) is 0 Å². The number of anilines is 1. The molecule has 0 bridgehead atoms. The highest BCUT2D eigenvalue weighted by molar-refractivity contribution is 7.08. The quantitative estimate of drug-likeness (QED) is 0.659. The molecule has 0 aliphatic carbocycles. The van der Waals surface area contributed by atoms with Gasteiger partial charge in [-0.05, 0) is 7.05 Å². The summed E-state index contributed by atoms with van der Waals surface area (Å²) in [5.74, 6) is 1.12. The maximum Gasteiger partial charge on any atom is 0.149 e. The summed E-state index contributed by atoms with van der Waals surface area (Å²) in [5, 5.41) is 2.10. The SMILES string of the molecule is CN(c1cscn1)[Si](C)(C)C. The van der Waals surface area contributed by atoms with Gasteiger partial charge in [-0.1, -0.05) is 19.6 Å². The Morgan fingerprint density at radius 3 is 2.45 bits per heavy atom. The maximum atomic E-state index is 4.26. The van der Waals surface area contributed by atoms with Gasteiger partial charge in [-0.25, -0.2) is 4.98 Å². The zero-order valence-corrected chi connectivity index (χ0v) is 9.27. The molecule has 2 nitrogen and oxygen atoms in total. The third-order valence-corrected chi connectivity index (χ3v) is 4.58. The van der Waals surface area contributed by atoms with Crippen LogP contribution in [0.1, 0.15) is 0 Å². The number of hydrogen-bond acceptors (Lipinski definition) is 3. The molecule has 0 N–H and O–H groups in total. The second kappa shape index (κ2) is 2.95. The normalized spacial score (nSPS) is 11.6. The predicted octanol–water partition coefficient (Wildman–Crippen LogP) is 2.41. The Kier molecular flexibility index (Phi) is 2.34. The summed E-state index contributed by atoms with van der Waals surface area (Å²) in [7, 11) is 0.939. The molecule has 0 amide bonds. The highest BCUT2D eigenvalue weighted by atomic mass is 32.1. The van der Waals surface area contributed by atoms with Gasteiger partial charge < -0.3 is 4.57 Å². The van der Waals surface area contributed by atoms with Crippen LogP contribution < -0.4 is 4.57 Å². The van der Waals surface area contributed by atoms with Crippen LogP contribution in [0, 0.1) is 0 Å². The Morgan fingerprint density at radius 1 is 1.45 bits per heavy atom. The first kappa shape index (κ1) is 8.74. The summed E-state index contributed by atoms with van der Waals surface area (Å²) in [6, 6.07) is 0. The Bertz CT molecular complexity index is 215. The van der Waals surface area contributed by atoms with Crippen LogP contribution in [-0.4, -0.2) is 20.3 Å². The molecule has 0 unspecified atom stereocenters. The van der Waals surface area contributed by atoms with Crippen LogP contribution in [0.4, 0.5) is 5.82 Å². The molecule has 1 aromatic rings. The fourth-order valence-corrected chi connectivity index (χ4v) is 2.19. The average molecular weight is 186 g/mol. The fraction of sp³-hybridized carbons (Fsp3) is 0.571.